The van der Waals surface area contributed by atoms with Gasteiger partial charge < -0.3 is 9.47 Å². The van der Waals surface area contributed by atoms with Crippen molar-refractivity contribution in [3.05, 3.63) is 47.5 Å². The van der Waals surface area contributed by atoms with E-state index in [2.05, 4.69) is 0 Å². The van der Waals surface area contributed by atoms with Gasteiger partial charge in [-0.2, -0.15) is 0 Å². The predicted octanol–water partition coefficient (Wildman–Crippen LogP) is 2.07. The third-order valence-electron chi connectivity index (χ3n) is 2.40. The molecule has 1 atom stereocenters. The van der Waals surface area contributed by atoms with E-state index in [9.17, 15) is 4.79 Å². The fourth-order valence-electron chi connectivity index (χ4n) is 1.69. The Kier molecular flexibility index (Phi) is 3.37. The predicted molar refractivity (Wildman–Crippen MR) is 59.7 cm³/mol. The standard InChI is InChI=1S/C13H14O3/c1-2-15-13-11(9-12(14)16-13)8-10-6-4-3-5-7-10/h3-7,9,13H,2,8H2,1H3/t13-/m1/s1. The lowest BCUT2D eigenvalue weighted by Gasteiger charge is -2.13. The molecular formula is C13H14O3. The molecular weight excluding hydrogens is 204 g/mol. The van der Waals surface area contributed by atoms with Crippen LogP contribution < -0.4 is 0 Å². The number of rotatable bonds is 4. The zero-order chi connectivity index (χ0) is 11.4. The van der Waals surface area contributed by atoms with Crippen LogP contribution in [0.2, 0.25) is 0 Å². The third-order valence-corrected chi connectivity index (χ3v) is 2.40. The molecule has 0 aliphatic carbocycles. The van der Waals surface area contributed by atoms with E-state index in [1.165, 1.54) is 6.08 Å². The molecule has 0 N–H and O–H groups in total. The summed E-state index contributed by atoms with van der Waals surface area (Å²) >= 11 is 0. The summed E-state index contributed by atoms with van der Waals surface area (Å²) in [6.07, 6.45) is 1.71. The van der Waals surface area contributed by atoms with E-state index in [0.29, 0.717) is 13.0 Å². The zero-order valence-corrected chi connectivity index (χ0v) is 9.18. The van der Waals surface area contributed by atoms with Gasteiger partial charge in [0.05, 0.1) is 0 Å². The molecule has 0 fully saturated rings. The lowest BCUT2D eigenvalue weighted by molar-refractivity contribution is -0.158. The van der Waals surface area contributed by atoms with Crippen molar-refractivity contribution >= 4 is 5.97 Å². The molecule has 1 aliphatic rings. The van der Waals surface area contributed by atoms with Crippen LogP contribution in [0.3, 0.4) is 0 Å². The highest BCUT2D eigenvalue weighted by atomic mass is 16.7. The van der Waals surface area contributed by atoms with Gasteiger partial charge in [0.1, 0.15) is 0 Å². The molecule has 0 unspecified atom stereocenters. The molecule has 0 bridgehead atoms. The van der Waals surface area contributed by atoms with Crippen LogP contribution in [0.25, 0.3) is 0 Å². The number of benzene rings is 1. The second-order valence-corrected chi connectivity index (χ2v) is 3.61. The van der Waals surface area contributed by atoms with Crippen molar-refractivity contribution in [3.8, 4) is 0 Å². The lowest BCUT2D eigenvalue weighted by atomic mass is 10.1. The van der Waals surface area contributed by atoms with Crippen LogP contribution >= 0.6 is 0 Å². The van der Waals surface area contributed by atoms with Crippen LogP contribution in [0.4, 0.5) is 0 Å². The van der Waals surface area contributed by atoms with Crippen molar-refractivity contribution < 1.29 is 14.3 Å². The maximum Gasteiger partial charge on any atom is 0.333 e. The monoisotopic (exact) mass is 218 g/mol. The first kappa shape index (κ1) is 10.9. The molecule has 0 spiro atoms. The highest BCUT2D eigenvalue weighted by Crippen LogP contribution is 2.21. The Hall–Kier alpha value is -1.61. The number of hydrogen-bond acceptors (Lipinski definition) is 3. The molecule has 0 radical (unpaired) electrons. The van der Waals surface area contributed by atoms with Crippen molar-refractivity contribution in [1.82, 2.24) is 0 Å². The van der Waals surface area contributed by atoms with E-state index < -0.39 is 6.29 Å². The Morgan fingerprint density at radius 2 is 2.06 bits per heavy atom. The molecule has 0 amide bonds. The van der Waals surface area contributed by atoms with E-state index in [1.54, 1.807) is 0 Å². The quantitative estimate of drug-likeness (QED) is 0.726. The van der Waals surface area contributed by atoms with E-state index in [1.807, 2.05) is 37.3 Å². The molecule has 3 heteroatoms. The number of cyclic esters (lactones) is 1. The van der Waals surface area contributed by atoms with Crippen molar-refractivity contribution in [2.24, 2.45) is 0 Å². The van der Waals surface area contributed by atoms with E-state index in [-0.39, 0.29) is 5.97 Å². The summed E-state index contributed by atoms with van der Waals surface area (Å²) in [5.74, 6) is -0.315. The summed E-state index contributed by atoms with van der Waals surface area (Å²) < 4.78 is 10.4. The summed E-state index contributed by atoms with van der Waals surface area (Å²) in [6, 6.07) is 9.96. The van der Waals surface area contributed by atoms with E-state index in [4.69, 9.17) is 9.47 Å². The van der Waals surface area contributed by atoms with Crippen LogP contribution in [-0.4, -0.2) is 18.9 Å². The van der Waals surface area contributed by atoms with Gasteiger partial charge in [0, 0.05) is 24.7 Å². The van der Waals surface area contributed by atoms with Crippen LogP contribution in [0.15, 0.2) is 42.0 Å². The molecule has 1 heterocycles. The van der Waals surface area contributed by atoms with Crippen LogP contribution in [0, 0.1) is 0 Å². The molecule has 1 aromatic carbocycles. The van der Waals surface area contributed by atoms with Crippen LogP contribution in [0.5, 0.6) is 0 Å². The molecule has 16 heavy (non-hydrogen) atoms. The summed E-state index contributed by atoms with van der Waals surface area (Å²) in [4.78, 5) is 11.2. The average Bonchev–Trinajstić information content (AvgIpc) is 2.61. The van der Waals surface area contributed by atoms with E-state index >= 15 is 0 Å². The van der Waals surface area contributed by atoms with Crippen molar-refractivity contribution in [2.75, 3.05) is 6.61 Å². The molecule has 1 aliphatic heterocycles. The fraction of sp³-hybridized carbons (Fsp3) is 0.308. The van der Waals surface area contributed by atoms with E-state index in [0.717, 1.165) is 11.1 Å². The molecule has 0 saturated carbocycles. The first-order valence-electron chi connectivity index (χ1n) is 5.36. The van der Waals surface area contributed by atoms with Crippen molar-refractivity contribution in [2.45, 2.75) is 19.6 Å². The first-order valence-corrected chi connectivity index (χ1v) is 5.36. The second kappa shape index (κ2) is 4.94. The average molecular weight is 218 g/mol. The number of ether oxygens (including phenoxy) is 2. The number of carbonyl (C=O) groups excluding carboxylic acids is 1. The smallest absolute Gasteiger partial charge is 0.333 e. The van der Waals surface area contributed by atoms with Gasteiger partial charge in [-0.15, -0.1) is 0 Å². The molecule has 2 rings (SSSR count). The SMILES string of the molecule is CCO[C@@H]1OC(=O)C=C1Cc1ccccc1. The number of hydrogen-bond donors (Lipinski definition) is 0. The van der Waals surface area contributed by atoms with Crippen molar-refractivity contribution in [3.63, 3.8) is 0 Å². The topological polar surface area (TPSA) is 35.5 Å². The Morgan fingerprint density at radius 1 is 1.31 bits per heavy atom. The molecule has 0 aromatic heterocycles. The Bertz CT molecular complexity index is 395. The summed E-state index contributed by atoms with van der Waals surface area (Å²) in [7, 11) is 0. The van der Waals surface area contributed by atoms with Gasteiger partial charge >= 0.3 is 5.97 Å². The minimum Gasteiger partial charge on any atom is -0.428 e. The summed E-state index contributed by atoms with van der Waals surface area (Å²) in [5, 5.41) is 0. The van der Waals surface area contributed by atoms with Gasteiger partial charge in [-0.05, 0) is 12.5 Å². The van der Waals surface area contributed by atoms with Gasteiger partial charge in [-0.25, -0.2) is 4.79 Å². The van der Waals surface area contributed by atoms with Gasteiger partial charge in [-0.3, -0.25) is 0 Å². The third kappa shape index (κ3) is 2.49. The fourth-order valence-corrected chi connectivity index (χ4v) is 1.69. The Balaban J connectivity index is 2.08. The summed E-state index contributed by atoms with van der Waals surface area (Å²) in [5.41, 5.74) is 2.04. The van der Waals surface area contributed by atoms with Gasteiger partial charge in [-0.1, -0.05) is 30.3 Å². The second-order valence-electron chi connectivity index (χ2n) is 3.61. The maximum atomic E-state index is 11.2. The summed E-state index contributed by atoms with van der Waals surface area (Å²) in [6.45, 7) is 2.41. The minimum absolute atomic E-state index is 0.315. The van der Waals surface area contributed by atoms with Crippen LogP contribution in [-0.2, 0) is 20.7 Å². The first-order chi connectivity index (χ1) is 7.79. The Labute approximate surface area is 94.7 Å². The highest BCUT2D eigenvalue weighted by Gasteiger charge is 2.26. The normalized spacial score (nSPS) is 19.4. The molecule has 84 valence electrons. The van der Waals surface area contributed by atoms with Crippen molar-refractivity contribution in [1.29, 1.82) is 0 Å². The maximum absolute atomic E-state index is 11.2. The molecule has 1 aromatic rings. The minimum atomic E-state index is -0.502. The molecule has 0 saturated heterocycles. The van der Waals surface area contributed by atoms with Gasteiger partial charge in [0.2, 0.25) is 6.29 Å². The zero-order valence-electron chi connectivity index (χ0n) is 9.18. The molecule has 3 nitrogen and oxygen atoms in total. The van der Waals surface area contributed by atoms with Gasteiger partial charge in [0.15, 0.2) is 0 Å². The van der Waals surface area contributed by atoms with Crippen LogP contribution in [0.1, 0.15) is 12.5 Å². The Morgan fingerprint density at radius 3 is 2.75 bits per heavy atom. The lowest BCUT2D eigenvalue weighted by Crippen LogP contribution is -2.17. The van der Waals surface area contributed by atoms with Gasteiger partial charge in [0.25, 0.3) is 0 Å². The largest absolute Gasteiger partial charge is 0.428 e. The number of carbonyl (C=O) groups is 1. The number of esters is 1. The highest BCUT2D eigenvalue weighted by molar-refractivity contribution is 5.85.